The Morgan fingerprint density at radius 3 is 2.67 bits per heavy atom. The second-order valence-electron chi connectivity index (χ2n) is 4.22. The van der Waals surface area contributed by atoms with Gasteiger partial charge in [0.1, 0.15) is 5.82 Å². The summed E-state index contributed by atoms with van der Waals surface area (Å²) in [4.78, 5) is 15.3. The van der Waals surface area contributed by atoms with Gasteiger partial charge < -0.3 is 5.32 Å². The summed E-state index contributed by atoms with van der Waals surface area (Å²) in [6.45, 7) is 11.7. The predicted molar refractivity (Wildman–Crippen MR) is 62.5 cm³/mol. The van der Waals surface area contributed by atoms with Crippen molar-refractivity contribution in [2.45, 2.75) is 27.7 Å². The summed E-state index contributed by atoms with van der Waals surface area (Å²) >= 11 is 0. The Balaban J connectivity index is 3.06. The van der Waals surface area contributed by atoms with E-state index in [9.17, 15) is 4.79 Å². The van der Waals surface area contributed by atoms with Crippen LogP contribution in [-0.2, 0) is 4.79 Å². The SMILES string of the molecule is C=NC1=C(/C=C(\C)C(C)C)C(C)C(=O)N1. The van der Waals surface area contributed by atoms with E-state index in [1.807, 2.05) is 13.0 Å². The largest absolute Gasteiger partial charge is 0.310 e. The van der Waals surface area contributed by atoms with Crippen molar-refractivity contribution in [3.8, 4) is 0 Å². The molecular formula is C12H18N2O. The van der Waals surface area contributed by atoms with E-state index in [4.69, 9.17) is 0 Å². The normalized spacial score (nSPS) is 22.3. The molecule has 1 aliphatic rings. The van der Waals surface area contributed by atoms with Crippen LogP contribution in [0.3, 0.4) is 0 Å². The number of allylic oxidation sites excluding steroid dienone is 2. The minimum atomic E-state index is -0.126. The van der Waals surface area contributed by atoms with Crippen LogP contribution in [0.5, 0.6) is 0 Å². The predicted octanol–water partition coefficient (Wildman–Crippen LogP) is 2.27. The first kappa shape index (κ1) is 11.7. The molecule has 0 aromatic carbocycles. The van der Waals surface area contributed by atoms with Crippen LogP contribution in [-0.4, -0.2) is 12.6 Å². The van der Waals surface area contributed by atoms with E-state index < -0.39 is 0 Å². The highest BCUT2D eigenvalue weighted by molar-refractivity contribution is 5.87. The van der Waals surface area contributed by atoms with Crippen LogP contribution in [0.25, 0.3) is 0 Å². The molecule has 0 aromatic rings. The molecule has 1 amide bonds. The molecule has 1 aliphatic heterocycles. The summed E-state index contributed by atoms with van der Waals surface area (Å²) in [5.41, 5.74) is 2.19. The van der Waals surface area contributed by atoms with Crippen molar-refractivity contribution in [3.05, 3.63) is 23.0 Å². The monoisotopic (exact) mass is 206 g/mol. The van der Waals surface area contributed by atoms with Crippen LogP contribution >= 0.6 is 0 Å². The zero-order valence-electron chi connectivity index (χ0n) is 9.79. The molecule has 1 N–H and O–H groups in total. The van der Waals surface area contributed by atoms with Gasteiger partial charge in [0.15, 0.2) is 0 Å². The maximum atomic E-state index is 11.4. The van der Waals surface area contributed by atoms with Gasteiger partial charge in [-0.1, -0.05) is 25.5 Å². The van der Waals surface area contributed by atoms with E-state index in [1.165, 1.54) is 5.57 Å². The summed E-state index contributed by atoms with van der Waals surface area (Å²) < 4.78 is 0. The lowest BCUT2D eigenvalue weighted by atomic mass is 9.97. The summed E-state index contributed by atoms with van der Waals surface area (Å²) in [5.74, 6) is 0.957. The van der Waals surface area contributed by atoms with Gasteiger partial charge in [-0.25, -0.2) is 4.99 Å². The molecule has 1 unspecified atom stereocenters. The highest BCUT2D eigenvalue weighted by atomic mass is 16.2. The Morgan fingerprint density at radius 1 is 1.60 bits per heavy atom. The van der Waals surface area contributed by atoms with Crippen molar-refractivity contribution < 1.29 is 4.79 Å². The van der Waals surface area contributed by atoms with E-state index in [0.717, 1.165) is 5.57 Å². The number of carbonyl (C=O) groups excluding carboxylic acids is 1. The maximum Gasteiger partial charge on any atom is 0.232 e. The third-order valence-electron chi connectivity index (χ3n) is 2.83. The van der Waals surface area contributed by atoms with Gasteiger partial charge in [0.2, 0.25) is 5.91 Å². The van der Waals surface area contributed by atoms with E-state index in [-0.39, 0.29) is 11.8 Å². The Kier molecular flexibility index (Phi) is 3.45. The van der Waals surface area contributed by atoms with Crippen molar-refractivity contribution >= 4 is 12.6 Å². The Morgan fingerprint density at radius 2 is 2.20 bits per heavy atom. The highest BCUT2D eigenvalue weighted by Gasteiger charge is 2.27. The van der Waals surface area contributed by atoms with Crippen LogP contribution in [0.2, 0.25) is 0 Å². The van der Waals surface area contributed by atoms with Crippen molar-refractivity contribution in [1.29, 1.82) is 0 Å². The first-order valence-corrected chi connectivity index (χ1v) is 5.17. The van der Waals surface area contributed by atoms with Crippen LogP contribution in [0, 0.1) is 11.8 Å². The van der Waals surface area contributed by atoms with E-state index in [0.29, 0.717) is 11.7 Å². The van der Waals surface area contributed by atoms with Gasteiger partial charge in [-0.15, -0.1) is 0 Å². The van der Waals surface area contributed by atoms with E-state index in [1.54, 1.807) is 0 Å². The lowest BCUT2D eigenvalue weighted by molar-refractivity contribution is -0.121. The van der Waals surface area contributed by atoms with Gasteiger partial charge >= 0.3 is 0 Å². The van der Waals surface area contributed by atoms with E-state index in [2.05, 4.69) is 37.8 Å². The molecule has 0 bridgehead atoms. The topological polar surface area (TPSA) is 41.5 Å². The highest BCUT2D eigenvalue weighted by Crippen LogP contribution is 2.25. The molecule has 1 rings (SSSR count). The summed E-state index contributed by atoms with van der Waals surface area (Å²) in [6.07, 6.45) is 2.04. The fourth-order valence-electron chi connectivity index (χ4n) is 1.38. The zero-order valence-corrected chi connectivity index (χ0v) is 9.79. The molecule has 3 nitrogen and oxygen atoms in total. The van der Waals surface area contributed by atoms with Crippen molar-refractivity contribution in [2.75, 3.05) is 0 Å². The smallest absolute Gasteiger partial charge is 0.232 e. The fraction of sp³-hybridized carbons (Fsp3) is 0.500. The number of hydrogen-bond donors (Lipinski definition) is 1. The van der Waals surface area contributed by atoms with Gasteiger partial charge in [0.05, 0.1) is 5.92 Å². The Hall–Kier alpha value is -1.38. The molecule has 1 heterocycles. The van der Waals surface area contributed by atoms with Crippen molar-refractivity contribution in [2.24, 2.45) is 16.8 Å². The van der Waals surface area contributed by atoms with Crippen LogP contribution in [0.4, 0.5) is 0 Å². The molecule has 0 radical (unpaired) electrons. The number of aliphatic imine (C=N–C) groups is 1. The second-order valence-corrected chi connectivity index (χ2v) is 4.22. The molecule has 0 spiro atoms. The summed E-state index contributed by atoms with van der Waals surface area (Å²) in [7, 11) is 0. The first-order chi connectivity index (χ1) is 6.97. The number of hydrogen-bond acceptors (Lipinski definition) is 2. The van der Waals surface area contributed by atoms with Gasteiger partial charge in [0, 0.05) is 5.57 Å². The number of rotatable bonds is 3. The summed E-state index contributed by atoms with van der Waals surface area (Å²) in [6, 6.07) is 0. The third-order valence-corrected chi connectivity index (χ3v) is 2.83. The molecule has 0 aromatic heterocycles. The Labute approximate surface area is 91.0 Å². The third kappa shape index (κ3) is 2.35. The standard InChI is InChI=1S/C12H18N2O/c1-7(2)8(3)6-10-9(4)12(15)14-11(10)13-5/h6-7,9H,5H2,1-4H3,(H,14,15)/b8-6+. The van der Waals surface area contributed by atoms with Crippen LogP contribution in [0.1, 0.15) is 27.7 Å². The molecule has 0 saturated heterocycles. The van der Waals surface area contributed by atoms with Crippen LogP contribution in [0.15, 0.2) is 28.0 Å². The molecule has 0 fully saturated rings. The van der Waals surface area contributed by atoms with E-state index >= 15 is 0 Å². The quantitative estimate of drug-likeness (QED) is 0.707. The number of nitrogens with one attached hydrogen (secondary N) is 1. The number of carbonyl (C=O) groups is 1. The number of nitrogens with zero attached hydrogens (tertiary/aromatic N) is 1. The molecule has 0 saturated carbocycles. The fourth-order valence-corrected chi connectivity index (χ4v) is 1.38. The van der Waals surface area contributed by atoms with Crippen molar-refractivity contribution in [3.63, 3.8) is 0 Å². The average molecular weight is 206 g/mol. The average Bonchev–Trinajstić information content (AvgIpc) is 2.45. The molecule has 15 heavy (non-hydrogen) atoms. The summed E-state index contributed by atoms with van der Waals surface area (Å²) in [5, 5.41) is 2.71. The lowest BCUT2D eigenvalue weighted by Crippen LogP contribution is -2.19. The first-order valence-electron chi connectivity index (χ1n) is 5.17. The zero-order chi connectivity index (χ0) is 11.6. The molecular weight excluding hydrogens is 188 g/mol. The maximum absolute atomic E-state index is 11.4. The van der Waals surface area contributed by atoms with Gasteiger partial charge in [-0.2, -0.15) is 0 Å². The molecule has 82 valence electrons. The molecule has 0 aliphatic carbocycles. The lowest BCUT2D eigenvalue weighted by Gasteiger charge is -2.07. The molecule has 1 atom stereocenters. The van der Waals surface area contributed by atoms with Crippen LogP contribution < -0.4 is 5.32 Å². The number of amides is 1. The molecule has 3 heteroatoms. The second kappa shape index (κ2) is 4.43. The Bertz CT molecular complexity index is 351. The van der Waals surface area contributed by atoms with Gasteiger partial charge in [0.25, 0.3) is 0 Å². The van der Waals surface area contributed by atoms with Crippen molar-refractivity contribution in [1.82, 2.24) is 5.32 Å². The minimum Gasteiger partial charge on any atom is -0.310 e. The van der Waals surface area contributed by atoms with Gasteiger partial charge in [-0.3, -0.25) is 4.79 Å². The van der Waals surface area contributed by atoms with Gasteiger partial charge in [-0.05, 0) is 26.5 Å². The minimum absolute atomic E-state index is 0.000191.